The van der Waals surface area contributed by atoms with Crippen LogP contribution in [-0.4, -0.2) is 23.4 Å². The lowest BCUT2D eigenvalue weighted by molar-refractivity contribution is -0.384. The molecule has 7 nitrogen and oxygen atoms in total. The van der Waals surface area contributed by atoms with Crippen LogP contribution in [0.4, 0.5) is 15.8 Å². The highest BCUT2D eigenvalue weighted by Crippen LogP contribution is 2.27. The average molecular weight is 360 g/mol. The predicted molar refractivity (Wildman–Crippen MR) is 92.6 cm³/mol. The first kappa shape index (κ1) is 19.0. The summed E-state index contributed by atoms with van der Waals surface area (Å²) in [5.41, 5.74) is 1.58. The van der Waals surface area contributed by atoms with Gasteiger partial charge in [-0.1, -0.05) is 6.07 Å². The molecular weight excluding hydrogens is 343 g/mol. The fourth-order valence-corrected chi connectivity index (χ4v) is 2.17. The second kappa shape index (κ2) is 7.73. The van der Waals surface area contributed by atoms with Gasteiger partial charge in [0.2, 0.25) is 0 Å². The first-order chi connectivity index (χ1) is 12.2. The molecule has 0 heterocycles. The van der Waals surface area contributed by atoms with E-state index in [0.717, 1.165) is 11.6 Å². The van der Waals surface area contributed by atoms with Crippen LogP contribution in [0, 0.1) is 36.7 Å². The summed E-state index contributed by atoms with van der Waals surface area (Å²) in [4.78, 5) is 34.3. The lowest BCUT2D eigenvalue weighted by atomic mass is 10.1. The van der Waals surface area contributed by atoms with Crippen molar-refractivity contribution in [2.75, 3.05) is 11.9 Å². The Morgan fingerprint density at radius 3 is 2.38 bits per heavy atom. The number of nitrogens with zero attached hydrogens (tertiary/aromatic N) is 1. The molecule has 0 aliphatic heterocycles. The second-order valence-electron chi connectivity index (χ2n) is 5.80. The monoisotopic (exact) mass is 360 g/mol. The van der Waals surface area contributed by atoms with Crippen molar-refractivity contribution in [1.82, 2.24) is 0 Å². The SMILES string of the molecule is Cc1cc(NC(=O)COC(=O)c2ccc(C)c(F)c2)c([N+](=O)[O-])cc1C. The third-order valence-corrected chi connectivity index (χ3v) is 3.82. The van der Waals surface area contributed by atoms with Crippen molar-refractivity contribution in [3.8, 4) is 0 Å². The zero-order valence-corrected chi connectivity index (χ0v) is 14.5. The summed E-state index contributed by atoms with van der Waals surface area (Å²) < 4.78 is 18.3. The summed E-state index contributed by atoms with van der Waals surface area (Å²) in [6, 6.07) is 6.65. The Kier molecular flexibility index (Phi) is 5.66. The summed E-state index contributed by atoms with van der Waals surface area (Å²) in [5.74, 6) is -2.17. The number of anilines is 1. The van der Waals surface area contributed by atoms with E-state index in [9.17, 15) is 24.1 Å². The van der Waals surface area contributed by atoms with E-state index < -0.39 is 29.2 Å². The molecule has 0 bridgehead atoms. The van der Waals surface area contributed by atoms with Crippen molar-refractivity contribution < 1.29 is 23.6 Å². The molecule has 26 heavy (non-hydrogen) atoms. The highest BCUT2D eigenvalue weighted by Gasteiger charge is 2.18. The molecule has 1 N–H and O–H groups in total. The number of rotatable bonds is 5. The van der Waals surface area contributed by atoms with Crippen LogP contribution < -0.4 is 5.32 Å². The Balaban J connectivity index is 2.05. The Morgan fingerprint density at radius 2 is 1.77 bits per heavy atom. The van der Waals surface area contributed by atoms with Crippen molar-refractivity contribution in [2.24, 2.45) is 0 Å². The van der Waals surface area contributed by atoms with Gasteiger partial charge >= 0.3 is 5.97 Å². The minimum atomic E-state index is -0.867. The van der Waals surface area contributed by atoms with Gasteiger partial charge in [0.15, 0.2) is 6.61 Å². The van der Waals surface area contributed by atoms with E-state index in [2.05, 4.69) is 5.32 Å². The fraction of sp³-hybridized carbons (Fsp3) is 0.222. The molecule has 136 valence electrons. The van der Waals surface area contributed by atoms with E-state index in [0.29, 0.717) is 11.1 Å². The van der Waals surface area contributed by atoms with Crippen LogP contribution in [0.3, 0.4) is 0 Å². The number of esters is 1. The molecule has 0 spiro atoms. The van der Waals surface area contributed by atoms with E-state index in [-0.39, 0.29) is 16.9 Å². The second-order valence-corrected chi connectivity index (χ2v) is 5.80. The molecule has 0 aliphatic rings. The number of aryl methyl sites for hydroxylation is 3. The number of hydrogen-bond acceptors (Lipinski definition) is 5. The topological polar surface area (TPSA) is 98.5 Å². The molecule has 1 amide bonds. The minimum Gasteiger partial charge on any atom is -0.452 e. The van der Waals surface area contributed by atoms with Crippen LogP contribution in [0.25, 0.3) is 0 Å². The Labute approximate surface area is 148 Å². The van der Waals surface area contributed by atoms with Crippen LogP contribution in [-0.2, 0) is 9.53 Å². The van der Waals surface area contributed by atoms with Crippen molar-refractivity contribution in [2.45, 2.75) is 20.8 Å². The summed E-state index contributed by atoms with van der Waals surface area (Å²) in [6.07, 6.45) is 0. The summed E-state index contributed by atoms with van der Waals surface area (Å²) in [5, 5.41) is 13.5. The third kappa shape index (κ3) is 4.41. The standard InChI is InChI=1S/C18H17FN2O5/c1-10-4-5-13(8-14(10)19)18(23)26-9-17(22)20-15-6-11(2)12(3)7-16(15)21(24)25/h4-8H,9H2,1-3H3,(H,20,22). The number of nitro benzene ring substituents is 1. The van der Waals surface area contributed by atoms with Crippen molar-refractivity contribution in [3.63, 3.8) is 0 Å². The van der Waals surface area contributed by atoms with Gasteiger partial charge in [-0.25, -0.2) is 9.18 Å². The van der Waals surface area contributed by atoms with E-state index in [1.54, 1.807) is 20.8 Å². The largest absolute Gasteiger partial charge is 0.452 e. The molecule has 2 aromatic rings. The molecule has 0 radical (unpaired) electrons. The molecule has 2 aromatic carbocycles. The molecule has 2 rings (SSSR count). The van der Waals surface area contributed by atoms with E-state index in [4.69, 9.17) is 4.74 Å². The van der Waals surface area contributed by atoms with Gasteiger partial charge in [-0.2, -0.15) is 0 Å². The van der Waals surface area contributed by atoms with E-state index >= 15 is 0 Å². The average Bonchev–Trinajstić information content (AvgIpc) is 2.58. The van der Waals surface area contributed by atoms with Crippen molar-refractivity contribution >= 4 is 23.3 Å². The Hall–Kier alpha value is -3.29. The van der Waals surface area contributed by atoms with Crippen LogP contribution in [0.1, 0.15) is 27.0 Å². The first-order valence-corrected chi connectivity index (χ1v) is 7.68. The molecule has 0 aliphatic carbocycles. The fourth-order valence-electron chi connectivity index (χ4n) is 2.17. The number of carbonyl (C=O) groups excluding carboxylic acids is 2. The van der Waals surface area contributed by atoms with Crippen LogP contribution in [0.15, 0.2) is 30.3 Å². The van der Waals surface area contributed by atoms with Crippen molar-refractivity contribution in [1.29, 1.82) is 0 Å². The number of carbonyl (C=O) groups is 2. The summed E-state index contributed by atoms with van der Waals surface area (Å²) in [6.45, 7) is 4.36. The smallest absolute Gasteiger partial charge is 0.338 e. The van der Waals surface area contributed by atoms with Crippen LogP contribution in [0.5, 0.6) is 0 Å². The predicted octanol–water partition coefficient (Wildman–Crippen LogP) is 3.45. The number of halogens is 1. The maximum absolute atomic E-state index is 13.5. The van der Waals surface area contributed by atoms with E-state index in [1.807, 2.05) is 0 Å². The lowest BCUT2D eigenvalue weighted by Crippen LogP contribution is -2.21. The van der Waals surface area contributed by atoms with Gasteiger partial charge in [-0.05, 0) is 55.7 Å². The Morgan fingerprint density at radius 1 is 1.12 bits per heavy atom. The number of nitro groups is 1. The van der Waals surface area contributed by atoms with Gasteiger partial charge in [-0.3, -0.25) is 14.9 Å². The number of ether oxygens (including phenoxy) is 1. The highest BCUT2D eigenvalue weighted by molar-refractivity contribution is 5.97. The number of benzene rings is 2. The van der Waals surface area contributed by atoms with Gasteiger partial charge in [0.1, 0.15) is 11.5 Å². The summed E-state index contributed by atoms with van der Waals surface area (Å²) >= 11 is 0. The van der Waals surface area contributed by atoms with E-state index in [1.165, 1.54) is 24.3 Å². The van der Waals surface area contributed by atoms with Crippen LogP contribution in [0.2, 0.25) is 0 Å². The molecule has 0 unspecified atom stereocenters. The van der Waals surface area contributed by atoms with Gasteiger partial charge in [0.25, 0.3) is 11.6 Å². The zero-order valence-electron chi connectivity index (χ0n) is 14.5. The molecule has 0 saturated carbocycles. The Bertz CT molecular complexity index is 895. The van der Waals surface area contributed by atoms with Crippen LogP contribution >= 0.6 is 0 Å². The third-order valence-electron chi connectivity index (χ3n) is 3.82. The number of hydrogen-bond donors (Lipinski definition) is 1. The van der Waals surface area contributed by atoms with Gasteiger partial charge in [0, 0.05) is 6.07 Å². The highest BCUT2D eigenvalue weighted by atomic mass is 19.1. The molecule has 0 aromatic heterocycles. The lowest BCUT2D eigenvalue weighted by Gasteiger charge is -2.09. The zero-order chi connectivity index (χ0) is 19.4. The minimum absolute atomic E-state index is 0.0144. The molecular formula is C18H17FN2O5. The van der Waals surface area contributed by atoms with Crippen molar-refractivity contribution in [3.05, 3.63) is 68.5 Å². The first-order valence-electron chi connectivity index (χ1n) is 7.68. The number of nitrogens with one attached hydrogen (secondary N) is 1. The molecule has 0 saturated heterocycles. The molecule has 0 atom stereocenters. The van der Waals surface area contributed by atoms with Gasteiger partial charge < -0.3 is 10.1 Å². The summed E-state index contributed by atoms with van der Waals surface area (Å²) in [7, 11) is 0. The molecule has 0 fully saturated rings. The number of amides is 1. The molecule has 8 heteroatoms. The normalized spacial score (nSPS) is 10.3. The quantitative estimate of drug-likeness (QED) is 0.500. The maximum atomic E-state index is 13.5. The maximum Gasteiger partial charge on any atom is 0.338 e. The van der Waals surface area contributed by atoms with Gasteiger partial charge in [0.05, 0.1) is 10.5 Å². The van der Waals surface area contributed by atoms with Gasteiger partial charge in [-0.15, -0.1) is 0 Å².